The molecule has 0 amide bonds. The van der Waals surface area contributed by atoms with E-state index in [1.54, 1.807) is 7.11 Å². The van der Waals surface area contributed by atoms with Crippen molar-refractivity contribution in [1.82, 2.24) is 10.2 Å². The van der Waals surface area contributed by atoms with Gasteiger partial charge in [0, 0.05) is 18.6 Å². The molecule has 3 heteroatoms. The van der Waals surface area contributed by atoms with E-state index in [-0.39, 0.29) is 0 Å². The fourth-order valence-electron chi connectivity index (χ4n) is 3.22. The van der Waals surface area contributed by atoms with Gasteiger partial charge >= 0.3 is 0 Å². The van der Waals surface area contributed by atoms with Crippen LogP contribution in [0, 0.1) is 0 Å². The monoisotopic (exact) mass is 276 g/mol. The van der Waals surface area contributed by atoms with Crippen molar-refractivity contribution in [2.24, 2.45) is 0 Å². The second-order valence-electron chi connectivity index (χ2n) is 5.67. The average molecular weight is 276 g/mol. The molecule has 112 valence electrons. The zero-order valence-corrected chi connectivity index (χ0v) is 13.1. The predicted octanol–water partition coefficient (Wildman–Crippen LogP) is 3.22. The number of piperidine rings is 1. The van der Waals surface area contributed by atoms with E-state index in [2.05, 4.69) is 42.4 Å². The molecule has 0 bridgehead atoms. The van der Waals surface area contributed by atoms with Crippen LogP contribution >= 0.6 is 0 Å². The van der Waals surface area contributed by atoms with Crippen LogP contribution < -0.4 is 10.1 Å². The summed E-state index contributed by atoms with van der Waals surface area (Å²) >= 11 is 0. The lowest BCUT2D eigenvalue weighted by molar-refractivity contribution is 0.130. The van der Waals surface area contributed by atoms with Crippen LogP contribution in [0.3, 0.4) is 0 Å². The summed E-state index contributed by atoms with van der Waals surface area (Å²) in [4.78, 5) is 2.66. The van der Waals surface area contributed by atoms with Gasteiger partial charge in [-0.1, -0.05) is 25.5 Å². The van der Waals surface area contributed by atoms with Gasteiger partial charge in [0.15, 0.2) is 0 Å². The summed E-state index contributed by atoms with van der Waals surface area (Å²) in [6.07, 6.45) is 5.34. The Morgan fingerprint density at radius 1 is 1.40 bits per heavy atom. The lowest BCUT2D eigenvalue weighted by Crippen LogP contribution is -2.43. The minimum absolute atomic E-state index is 0.372. The largest absolute Gasteiger partial charge is 0.497 e. The van der Waals surface area contributed by atoms with Gasteiger partial charge in [-0.15, -0.1) is 0 Å². The number of nitrogens with one attached hydrogen (secondary N) is 1. The van der Waals surface area contributed by atoms with E-state index in [0.717, 1.165) is 18.3 Å². The lowest BCUT2D eigenvalue weighted by atomic mass is 9.98. The van der Waals surface area contributed by atoms with E-state index >= 15 is 0 Å². The van der Waals surface area contributed by atoms with Crippen LogP contribution in [0.5, 0.6) is 5.75 Å². The molecule has 0 aliphatic carbocycles. The standard InChI is InChI=1S/C17H28N2O/c1-4-15-9-5-6-11-19(15)13-17(18-2)14-8-7-10-16(12-14)20-3/h7-8,10,12,15,17-18H,4-6,9,11,13H2,1-3H3. The highest BCUT2D eigenvalue weighted by molar-refractivity contribution is 5.30. The first-order valence-corrected chi connectivity index (χ1v) is 7.83. The highest BCUT2D eigenvalue weighted by Crippen LogP contribution is 2.24. The molecular formula is C17H28N2O. The van der Waals surface area contributed by atoms with Gasteiger partial charge in [-0.25, -0.2) is 0 Å². The number of nitrogens with zero attached hydrogens (tertiary/aromatic N) is 1. The van der Waals surface area contributed by atoms with Gasteiger partial charge in [-0.2, -0.15) is 0 Å². The summed E-state index contributed by atoms with van der Waals surface area (Å²) in [6.45, 7) is 4.63. The molecule has 1 N–H and O–H groups in total. The number of ether oxygens (including phenoxy) is 1. The summed E-state index contributed by atoms with van der Waals surface area (Å²) in [5.74, 6) is 0.938. The van der Waals surface area contributed by atoms with E-state index in [4.69, 9.17) is 4.74 Å². The molecule has 1 aliphatic rings. The third kappa shape index (κ3) is 3.74. The van der Waals surface area contributed by atoms with Gasteiger partial charge < -0.3 is 10.1 Å². The van der Waals surface area contributed by atoms with Crippen molar-refractivity contribution in [3.63, 3.8) is 0 Å². The summed E-state index contributed by atoms with van der Waals surface area (Å²) in [5, 5.41) is 3.46. The molecule has 0 aromatic heterocycles. The minimum Gasteiger partial charge on any atom is -0.497 e. The molecule has 20 heavy (non-hydrogen) atoms. The maximum Gasteiger partial charge on any atom is 0.119 e. The van der Waals surface area contributed by atoms with Crippen LogP contribution in [0.2, 0.25) is 0 Å². The van der Waals surface area contributed by atoms with Gasteiger partial charge in [0.05, 0.1) is 7.11 Å². The lowest BCUT2D eigenvalue weighted by Gasteiger charge is -2.37. The Morgan fingerprint density at radius 3 is 2.95 bits per heavy atom. The maximum absolute atomic E-state index is 5.34. The summed E-state index contributed by atoms with van der Waals surface area (Å²) < 4.78 is 5.34. The molecule has 0 spiro atoms. The Labute approximate surface area is 123 Å². The molecule has 1 saturated heterocycles. The molecule has 1 fully saturated rings. The molecule has 2 rings (SSSR count). The smallest absolute Gasteiger partial charge is 0.119 e. The highest BCUT2D eigenvalue weighted by atomic mass is 16.5. The fourth-order valence-corrected chi connectivity index (χ4v) is 3.22. The summed E-state index contributed by atoms with van der Waals surface area (Å²) in [6, 6.07) is 9.54. The molecule has 1 aromatic rings. The first-order chi connectivity index (χ1) is 9.78. The Kier molecular flexibility index (Phi) is 5.86. The Balaban J connectivity index is 2.07. The van der Waals surface area contributed by atoms with Crippen LogP contribution in [0.4, 0.5) is 0 Å². The van der Waals surface area contributed by atoms with Crippen molar-refractivity contribution in [1.29, 1.82) is 0 Å². The van der Waals surface area contributed by atoms with E-state index in [1.807, 2.05) is 6.07 Å². The molecule has 1 aromatic carbocycles. The minimum atomic E-state index is 0.372. The van der Waals surface area contributed by atoms with E-state index in [9.17, 15) is 0 Å². The number of likely N-dealkylation sites (N-methyl/N-ethyl adjacent to an activating group) is 1. The van der Waals surface area contributed by atoms with E-state index in [0.29, 0.717) is 6.04 Å². The van der Waals surface area contributed by atoms with Crippen LogP contribution in [0.15, 0.2) is 24.3 Å². The molecule has 2 unspecified atom stereocenters. The summed E-state index contributed by atoms with van der Waals surface area (Å²) in [5.41, 5.74) is 1.31. The van der Waals surface area contributed by atoms with Crippen LogP contribution in [0.25, 0.3) is 0 Å². The average Bonchev–Trinajstić information content (AvgIpc) is 2.53. The highest BCUT2D eigenvalue weighted by Gasteiger charge is 2.23. The molecule has 2 atom stereocenters. The number of rotatable bonds is 6. The van der Waals surface area contributed by atoms with E-state index < -0.39 is 0 Å². The van der Waals surface area contributed by atoms with Crippen molar-refractivity contribution in [2.45, 2.75) is 44.7 Å². The van der Waals surface area contributed by atoms with Crippen molar-refractivity contribution < 1.29 is 4.74 Å². The second-order valence-corrected chi connectivity index (χ2v) is 5.67. The van der Waals surface area contributed by atoms with Gasteiger partial charge in [0.2, 0.25) is 0 Å². The van der Waals surface area contributed by atoms with Crippen molar-refractivity contribution in [2.75, 3.05) is 27.2 Å². The number of likely N-dealkylation sites (tertiary alicyclic amines) is 1. The SMILES string of the molecule is CCC1CCCCN1CC(NC)c1cccc(OC)c1. The second kappa shape index (κ2) is 7.65. The number of methoxy groups -OCH3 is 1. The molecule has 1 aliphatic heterocycles. The third-order valence-corrected chi connectivity index (χ3v) is 4.48. The Bertz CT molecular complexity index is 408. The molecule has 0 radical (unpaired) electrons. The number of hydrogen-bond donors (Lipinski definition) is 1. The van der Waals surface area contributed by atoms with Gasteiger partial charge in [-0.3, -0.25) is 4.90 Å². The number of hydrogen-bond acceptors (Lipinski definition) is 3. The molecule has 3 nitrogen and oxygen atoms in total. The van der Waals surface area contributed by atoms with Crippen molar-refractivity contribution in [3.05, 3.63) is 29.8 Å². The van der Waals surface area contributed by atoms with Gasteiger partial charge in [-0.05, 0) is 50.6 Å². The van der Waals surface area contributed by atoms with Gasteiger partial charge in [0.1, 0.15) is 5.75 Å². The predicted molar refractivity (Wildman–Crippen MR) is 84.3 cm³/mol. The quantitative estimate of drug-likeness (QED) is 0.863. The van der Waals surface area contributed by atoms with Crippen LogP contribution in [-0.4, -0.2) is 38.2 Å². The fraction of sp³-hybridized carbons (Fsp3) is 0.647. The molecule has 1 heterocycles. The third-order valence-electron chi connectivity index (χ3n) is 4.48. The van der Waals surface area contributed by atoms with Crippen LogP contribution in [-0.2, 0) is 0 Å². The summed E-state index contributed by atoms with van der Waals surface area (Å²) in [7, 11) is 3.78. The first-order valence-electron chi connectivity index (χ1n) is 7.83. The number of benzene rings is 1. The van der Waals surface area contributed by atoms with E-state index in [1.165, 1.54) is 37.8 Å². The van der Waals surface area contributed by atoms with Crippen LogP contribution in [0.1, 0.15) is 44.2 Å². The molecular weight excluding hydrogens is 248 g/mol. The topological polar surface area (TPSA) is 24.5 Å². The molecule has 0 saturated carbocycles. The normalized spacial score (nSPS) is 21.6. The van der Waals surface area contributed by atoms with Crippen molar-refractivity contribution in [3.8, 4) is 5.75 Å². The Hall–Kier alpha value is -1.06. The van der Waals surface area contributed by atoms with Crippen molar-refractivity contribution >= 4 is 0 Å². The zero-order valence-electron chi connectivity index (χ0n) is 13.1. The first kappa shape index (κ1) is 15.3. The maximum atomic E-state index is 5.34. The van der Waals surface area contributed by atoms with Gasteiger partial charge in [0.25, 0.3) is 0 Å². The zero-order chi connectivity index (χ0) is 14.4. The Morgan fingerprint density at radius 2 is 2.25 bits per heavy atom.